The van der Waals surface area contributed by atoms with Crippen LogP contribution in [-0.2, 0) is 9.53 Å². The molecule has 1 aromatic heterocycles. The molecule has 202 valence electrons. The Morgan fingerprint density at radius 3 is 2.68 bits per heavy atom. The summed E-state index contributed by atoms with van der Waals surface area (Å²) in [4.78, 5) is 26.3. The predicted molar refractivity (Wildman–Crippen MR) is 141 cm³/mol. The Hall–Kier alpha value is -1.92. The highest BCUT2D eigenvalue weighted by Gasteiger charge is 2.58. The van der Waals surface area contributed by atoms with E-state index in [0.29, 0.717) is 35.6 Å². The van der Waals surface area contributed by atoms with Crippen LogP contribution in [0.2, 0.25) is 0 Å². The molecule has 1 aliphatic heterocycles. The summed E-state index contributed by atoms with van der Waals surface area (Å²) in [5, 5.41) is 9.72. The van der Waals surface area contributed by atoms with E-state index >= 15 is 0 Å². The summed E-state index contributed by atoms with van der Waals surface area (Å²) in [7, 11) is 0. The first-order chi connectivity index (χ1) is 17.8. The lowest BCUT2D eigenvalue weighted by Gasteiger charge is -2.59. The van der Waals surface area contributed by atoms with Crippen molar-refractivity contribution in [3.8, 4) is 0 Å². The molecular formula is C31H43NO5. The number of likely N-dealkylation sites (tertiary alicyclic amines) is 1. The molecule has 37 heavy (non-hydrogen) atoms. The monoisotopic (exact) mass is 509 g/mol. The van der Waals surface area contributed by atoms with Crippen molar-refractivity contribution >= 4 is 5.97 Å². The maximum absolute atomic E-state index is 12.7. The second kappa shape index (κ2) is 9.68. The van der Waals surface area contributed by atoms with Gasteiger partial charge in [0, 0.05) is 19.2 Å². The van der Waals surface area contributed by atoms with Gasteiger partial charge in [0.15, 0.2) is 0 Å². The molecule has 0 spiro atoms. The fourth-order valence-corrected chi connectivity index (χ4v) is 9.21. The van der Waals surface area contributed by atoms with Crippen LogP contribution >= 0.6 is 0 Å². The Morgan fingerprint density at radius 2 is 1.92 bits per heavy atom. The summed E-state index contributed by atoms with van der Waals surface area (Å²) in [6, 6.07) is 3.54. The van der Waals surface area contributed by atoms with E-state index in [0.717, 1.165) is 57.2 Å². The van der Waals surface area contributed by atoms with E-state index < -0.39 is 0 Å². The molecule has 6 rings (SSSR count). The number of carbonyl (C=O) groups excluding carboxylic acids is 1. The standard InChI is InChI=1S/C31H43NO5/c1-30-13-9-23(37-29(35)18-32-15-11-22(33)12-16-32)17-21(30)4-5-24-26-7-6-25(20-3-8-28(34)36-19-20)31(26,2)14-10-27(24)30/h3,7-8,19,21-25,27,33H,4-6,9-18H2,1-2H3/t21-,23?,24+,25-,27+,30+,31-/m1/s1. The Bertz CT molecular complexity index is 1080. The normalized spacial score (nSPS) is 40.3. The number of ether oxygens (including phenoxy) is 1. The maximum Gasteiger partial charge on any atom is 0.335 e. The van der Waals surface area contributed by atoms with Gasteiger partial charge in [-0.05, 0) is 110 Å². The van der Waals surface area contributed by atoms with E-state index in [1.807, 2.05) is 6.07 Å². The first-order valence-electron chi connectivity index (χ1n) is 14.7. The van der Waals surface area contributed by atoms with Gasteiger partial charge in [0.1, 0.15) is 6.10 Å². The van der Waals surface area contributed by atoms with Gasteiger partial charge in [0.2, 0.25) is 0 Å². The summed E-state index contributed by atoms with van der Waals surface area (Å²) in [6.07, 6.45) is 14.6. The van der Waals surface area contributed by atoms with Crippen molar-refractivity contribution in [1.29, 1.82) is 0 Å². The van der Waals surface area contributed by atoms with Crippen molar-refractivity contribution in [2.24, 2.45) is 28.6 Å². The van der Waals surface area contributed by atoms with Crippen LogP contribution in [-0.4, -0.2) is 47.8 Å². The predicted octanol–water partition coefficient (Wildman–Crippen LogP) is 5.05. The number of aliphatic hydroxyl groups is 1. The van der Waals surface area contributed by atoms with Crippen LogP contribution in [0.25, 0.3) is 0 Å². The topological polar surface area (TPSA) is 80.0 Å². The van der Waals surface area contributed by atoms with Crippen LogP contribution in [0.1, 0.15) is 89.5 Å². The quantitative estimate of drug-likeness (QED) is 0.452. The molecule has 2 heterocycles. The zero-order chi connectivity index (χ0) is 25.8. The van der Waals surface area contributed by atoms with E-state index in [4.69, 9.17) is 9.15 Å². The summed E-state index contributed by atoms with van der Waals surface area (Å²) in [6.45, 7) is 6.89. The Labute approximate surface area is 220 Å². The van der Waals surface area contributed by atoms with Crippen LogP contribution in [0.4, 0.5) is 0 Å². The lowest BCUT2D eigenvalue weighted by molar-refractivity contribution is -0.159. The van der Waals surface area contributed by atoms with Crippen molar-refractivity contribution in [1.82, 2.24) is 4.90 Å². The minimum Gasteiger partial charge on any atom is -0.461 e. The molecule has 0 radical (unpaired) electrons. The number of esters is 1. The van der Waals surface area contributed by atoms with Crippen LogP contribution in [0, 0.1) is 28.6 Å². The van der Waals surface area contributed by atoms with E-state index in [1.165, 1.54) is 25.7 Å². The molecule has 3 saturated carbocycles. The molecule has 6 nitrogen and oxygen atoms in total. The molecular weight excluding hydrogens is 466 g/mol. The van der Waals surface area contributed by atoms with Crippen LogP contribution in [0.5, 0.6) is 0 Å². The number of fused-ring (bicyclic) bond motifs is 5. The van der Waals surface area contributed by atoms with Crippen molar-refractivity contribution in [3.63, 3.8) is 0 Å². The average Bonchev–Trinajstić information content (AvgIpc) is 3.23. The van der Waals surface area contributed by atoms with Crippen molar-refractivity contribution in [2.75, 3.05) is 19.6 Å². The third kappa shape index (κ3) is 4.52. The van der Waals surface area contributed by atoms with Crippen LogP contribution in [0.3, 0.4) is 0 Å². The second-order valence-corrected chi connectivity index (χ2v) is 13.2. The maximum atomic E-state index is 12.7. The number of rotatable bonds is 4. The molecule has 0 bridgehead atoms. The minimum absolute atomic E-state index is 0.0502. The lowest BCUT2D eigenvalue weighted by atomic mass is 9.46. The zero-order valence-corrected chi connectivity index (χ0v) is 22.5. The molecule has 1 unspecified atom stereocenters. The summed E-state index contributed by atoms with van der Waals surface area (Å²) in [5.41, 5.74) is 3.02. The van der Waals surface area contributed by atoms with Gasteiger partial charge in [-0.25, -0.2) is 4.79 Å². The average molecular weight is 510 g/mol. The molecule has 4 aliphatic carbocycles. The van der Waals surface area contributed by atoms with Gasteiger partial charge < -0.3 is 14.3 Å². The number of carbonyl (C=O) groups is 1. The summed E-state index contributed by atoms with van der Waals surface area (Å²) >= 11 is 0. The number of allylic oxidation sites excluding steroid dienone is 2. The molecule has 1 saturated heterocycles. The van der Waals surface area contributed by atoms with Gasteiger partial charge in [-0.1, -0.05) is 25.5 Å². The minimum atomic E-state index is -0.275. The number of aliphatic hydroxyl groups excluding tert-OH is 1. The Morgan fingerprint density at radius 1 is 1.11 bits per heavy atom. The van der Waals surface area contributed by atoms with E-state index in [2.05, 4.69) is 24.8 Å². The number of hydrogen-bond acceptors (Lipinski definition) is 6. The summed E-state index contributed by atoms with van der Waals surface area (Å²) < 4.78 is 11.3. The van der Waals surface area contributed by atoms with E-state index in [9.17, 15) is 14.7 Å². The smallest absolute Gasteiger partial charge is 0.335 e. The van der Waals surface area contributed by atoms with Gasteiger partial charge in [0.25, 0.3) is 0 Å². The highest BCUT2D eigenvalue weighted by molar-refractivity contribution is 5.71. The molecule has 5 aliphatic rings. The fraction of sp³-hybridized carbons (Fsp3) is 0.742. The van der Waals surface area contributed by atoms with Gasteiger partial charge in [-0.2, -0.15) is 0 Å². The van der Waals surface area contributed by atoms with Gasteiger partial charge in [-0.15, -0.1) is 0 Å². The van der Waals surface area contributed by atoms with Crippen molar-refractivity contribution in [3.05, 3.63) is 46.0 Å². The van der Waals surface area contributed by atoms with Crippen LogP contribution < -0.4 is 5.63 Å². The number of hydrogen-bond donors (Lipinski definition) is 1. The van der Waals surface area contributed by atoms with Gasteiger partial charge >= 0.3 is 11.6 Å². The largest absolute Gasteiger partial charge is 0.461 e. The van der Waals surface area contributed by atoms with Crippen molar-refractivity contribution in [2.45, 2.75) is 96.2 Å². The third-order valence-corrected chi connectivity index (χ3v) is 11.4. The highest BCUT2D eigenvalue weighted by atomic mass is 16.5. The lowest BCUT2D eigenvalue weighted by Crippen LogP contribution is -2.52. The van der Waals surface area contributed by atoms with E-state index in [1.54, 1.807) is 17.9 Å². The highest BCUT2D eigenvalue weighted by Crippen LogP contribution is 2.67. The fourth-order valence-electron chi connectivity index (χ4n) is 9.21. The first kappa shape index (κ1) is 25.4. The van der Waals surface area contributed by atoms with Gasteiger partial charge in [0.05, 0.1) is 18.9 Å². The molecule has 1 N–H and O–H groups in total. The zero-order valence-electron chi connectivity index (χ0n) is 22.5. The Kier molecular flexibility index (Phi) is 6.63. The number of piperidine rings is 1. The molecule has 4 fully saturated rings. The number of nitrogens with zero attached hydrogens (tertiary/aromatic N) is 1. The van der Waals surface area contributed by atoms with E-state index in [-0.39, 0.29) is 29.2 Å². The van der Waals surface area contributed by atoms with Crippen LogP contribution in [0.15, 0.2) is 39.3 Å². The summed E-state index contributed by atoms with van der Waals surface area (Å²) in [5.74, 6) is 2.28. The third-order valence-electron chi connectivity index (χ3n) is 11.4. The molecule has 6 heteroatoms. The SMILES string of the molecule is C[C@]12CCC(OC(=O)CN3CCC(O)CC3)C[C@H]1CC[C@H]1C3=CC[C@H](c4ccc(=O)oc4)[C@@]3(C)CC[C@@H]12. The molecule has 1 aromatic rings. The first-order valence-corrected chi connectivity index (χ1v) is 14.7. The Balaban J connectivity index is 1.10. The molecule has 0 amide bonds. The second-order valence-electron chi connectivity index (χ2n) is 13.2. The molecule has 7 atom stereocenters. The molecule has 0 aromatic carbocycles. The van der Waals surface area contributed by atoms with Gasteiger partial charge in [-0.3, -0.25) is 9.69 Å². The van der Waals surface area contributed by atoms with Crippen molar-refractivity contribution < 1.29 is 19.1 Å².